The van der Waals surface area contributed by atoms with E-state index in [9.17, 15) is 8.78 Å². The number of aryl methyl sites for hydroxylation is 1. The van der Waals surface area contributed by atoms with Crippen LogP contribution in [0.15, 0.2) is 15.1 Å². The minimum absolute atomic E-state index is 0.0433. The number of rotatable bonds is 1. The molecule has 0 aliphatic heterocycles. The van der Waals surface area contributed by atoms with Crippen molar-refractivity contribution in [2.75, 3.05) is 0 Å². The predicted molar refractivity (Wildman–Crippen MR) is 49.3 cm³/mol. The number of hydrogen-bond acceptors (Lipinski definition) is 1. The molecule has 5 heteroatoms. The van der Waals surface area contributed by atoms with Gasteiger partial charge in [-0.15, -0.1) is 0 Å². The zero-order chi connectivity index (χ0) is 9.30. The van der Waals surface area contributed by atoms with Crippen LogP contribution in [0.25, 0.3) is 0 Å². The molecule has 12 heavy (non-hydrogen) atoms. The maximum atomic E-state index is 12.3. The first-order valence-electron chi connectivity index (χ1n) is 3.13. The minimum Gasteiger partial charge on any atom is -0.246 e. The third kappa shape index (κ3) is 2.01. The highest BCUT2D eigenvalue weighted by atomic mass is 79.9. The minimum atomic E-state index is -2.49. The number of pyridine rings is 1. The Bertz CT molecular complexity index is 278. The van der Waals surface area contributed by atoms with Gasteiger partial charge in [-0.3, -0.25) is 0 Å². The SMILES string of the molecule is Cc1nc(Br)cc(Br)c1C(F)F. The van der Waals surface area contributed by atoms with Gasteiger partial charge in [0.2, 0.25) is 0 Å². The summed E-state index contributed by atoms with van der Waals surface area (Å²) in [4.78, 5) is 3.86. The highest BCUT2D eigenvalue weighted by molar-refractivity contribution is 9.11. The Hall–Kier alpha value is -0.0300. The summed E-state index contributed by atoms with van der Waals surface area (Å²) in [5.41, 5.74) is 0.296. The van der Waals surface area contributed by atoms with Crippen molar-refractivity contribution in [1.82, 2.24) is 4.98 Å². The van der Waals surface area contributed by atoms with Crippen LogP contribution in [0, 0.1) is 6.92 Å². The van der Waals surface area contributed by atoms with Gasteiger partial charge in [-0.1, -0.05) is 15.9 Å². The molecule has 1 rings (SSSR count). The van der Waals surface area contributed by atoms with E-state index in [0.29, 0.717) is 14.8 Å². The van der Waals surface area contributed by atoms with Crippen molar-refractivity contribution >= 4 is 31.9 Å². The molecule has 66 valence electrons. The number of nitrogens with zero attached hydrogens (tertiary/aromatic N) is 1. The second kappa shape index (κ2) is 3.79. The summed E-state index contributed by atoms with van der Waals surface area (Å²) in [5, 5.41) is 0. The number of halogens is 4. The standard InChI is InChI=1S/C7H5Br2F2N/c1-3-6(7(10)11)4(8)2-5(9)12-3/h2,7H,1H3. The molecule has 1 nitrogen and oxygen atoms in total. The van der Waals surface area contributed by atoms with Gasteiger partial charge in [-0.25, -0.2) is 13.8 Å². The normalized spacial score (nSPS) is 10.8. The Balaban J connectivity index is 3.28. The zero-order valence-corrected chi connectivity index (χ0v) is 9.29. The van der Waals surface area contributed by atoms with Crippen LogP contribution in [0.5, 0.6) is 0 Å². The molecular weight excluding hydrogens is 296 g/mol. The Labute approximate surface area is 85.4 Å². The number of aromatic nitrogens is 1. The topological polar surface area (TPSA) is 12.9 Å². The van der Waals surface area contributed by atoms with E-state index in [2.05, 4.69) is 36.8 Å². The molecule has 0 saturated heterocycles. The van der Waals surface area contributed by atoms with Gasteiger partial charge in [-0.05, 0) is 28.9 Å². The average molecular weight is 301 g/mol. The summed E-state index contributed by atoms with van der Waals surface area (Å²) in [6, 6.07) is 1.51. The molecule has 0 aliphatic carbocycles. The van der Waals surface area contributed by atoms with Gasteiger partial charge in [0.1, 0.15) is 4.60 Å². The molecule has 0 fully saturated rings. The summed E-state index contributed by atoms with van der Waals surface area (Å²) in [6.07, 6.45) is -2.49. The van der Waals surface area contributed by atoms with Crippen LogP contribution in [0.4, 0.5) is 8.78 Å². The van der Waals surface area contributed by atoms with Gasteiger partial charge in [0.25, 0.3) is 6.43 Å². The lowest BCUT2D eigenvalue weighted by molar-refractivity contribution is 0.149. The lowest BCUT2D eigenvalue weighted by Crippen LogP contribution is -1.95. The molecule has 0 radical (unpaired) electrons. The van der Waals surface area contributed by atoms with E-state index in [0.717, 1.165) is 0 Å². The Morgan fingerprint density at radius 2 is 2.00 bits per heavy atom. The Morgan fingerprint density at radius 3 is 2.42 bits per heavy atom. The first-order chi connectivity index (χ1) is 5.52. The smallest absolute Gasteiger partial charge is 0.246 e. The fraction of sp³-hybridized carbons (Fsp3) is 0.286. The largest absolute Gasteiger partial charge is 0.266 e. The summed E-state index contributed by atoms with van der Waals surface area (Å²) >= 11 is 6.16. The second-order valence-corrected chi connectivity index (χ2v) is 3.89. The van der Waals surface area contributed by atoms with Gasteiger partial charge < -0.3 is 0 Å². The van der Waals surface area contributed by atoms with Crippen molar-refractivity contribution in [1.29, 1.82) is 0 Å². The molecule has 1 aromatic heterocycles. The number of alkyl halides is 2. The van der Waals surface area contributed by atoms with Crippen molar-refractivity contribution in [2.24, 2.45) is 0 Å². The summed E-state index contributed by atoms with van der Waals surface area (Å²) in [5.74, 6) is 0. The molecule has 0 atom stereocenters. The van der Waals surface area contributed by atoms with Crippen LogP contribution in [-0.4, -0.2) is 4.98 Å². The van der Waals surface area contributed by atoms with Crippen LogP contribution in [0.1, 0.15) is 17.7 Å². The molecule has 0 aliphatic rings. The van der Waals surface area contributed by atoms with Gasteiger partial charge in [-0.2, -0.15) is 0 Å². The molecule has 1 heterocycles. The van der Waals surface area contributed by atoms with Gasteiger partial charge >= 0.3 is 0 Å². The van der Waals surface area contributed by atoms with Crippen LogP contribution in [0.3, 0.4) is 0 Å². The quantitative estimate of drug-likeness (QED) is 0.718. The average Bonchev–Trinajstić information content (AvgIpc) is 1.82. The fourth-order valence-electron chi connectivity index (χ4n) is 0.870. The summed E-state index contributed by atoms with van der Waals surface area (Å²) in [7, 11) is 0. The van der Waals surface area contributed by atoms with Gasteiger partial charge in [0.15, 0.2) is 0 Å². The zero-order valence-electron chi connectivity index (χ0n) is 6.11. The van der Waals surface area contributed by atoms with Crippen molar-refractivity contribution in [3.8, 4) is 0 Å². The van der Waals surface area contributed by atoms with Crippen molar-refractivity contribution in [3.05, 3.63) is 26.4 Å². The van der Waals surface area contributed by atoms with E-state index < -0.39 is 6.43 Å². The molecule has 0 N–H and O–H groups in total. The number of hydrogen-bond donors (Lipinski definition) is 0. The molecule has 0 saturated carbocycles. The van der Waals surface area contributed by atoms with Crippen molar-refractivity contribution in [2.45, 2.75) is 13.3 Å². The second-order valence-electron chi connectivity index (χ2n) is 2.23. The highest BCUT2D eigenvalue weighted by Gasteiger charge is 2.15. The molecule has 0 unspecified atom stereocenters. The summed E-state index contributed by atoms with van der Waals surface area (Å²) < 4.78 is 25.6. The third-order valence-corrected chi connectivity index (χ3v) is 2.45. The highest BCUT2D eigenvalue weighted by Crippen LogP contribution is 2.30. The molecule has 0 bridgehead atoms. The first-order valence-corrected chi connectivity index (χ1v) is 4.71. The third-order valence-electron chi connectivity index (χ3n) is 1.39. The summed E-state index contributed by atoms with van der Waals surface area (Å²) in [6.45, 7) is 1.55. The van der Waals surface area contributed by atoms with Gasteiger partial charge in [0.05, 0.1) is 5.56 Å². The molecule has 0 amide bonds. The predicted octanol–water partition coefficient (Wildman–Crippen LogP) is 3.85. The lowest BCUT2D eigenvalue weighted by Gasteiger charge is -2.06. The maximum Gasteiger partial charge on any atom is 0.266 e. The van der Waals surface area contributed by atoms with E-state index in [-0.39, 0.29) is 5.56 Å². The van der Waals surface area contributed by atoms with Crippen molar-refractivity contribution in [3.63, 3.8) is 0 Å². The first kappa shape index (κ1) is 10.1. The van der Waals surface area contributed by atoms with Gasteiger partial charge in [0, 0.05) is 10.2 Å². The molecule has 1 aromatic rings. The van der Waals surface area contributed by atoms with Crippen LogP contribution in [0.2, 0.25) is 0 Å². The van der Waals surface area contributed by atoms with Crippen molar-refractivity contribution < 1.29 is 8.78 Å². The van der Waals surface area contributed by atoms with E-state index in [4.69, 9.17) is 0 Å². The van der Waals surface area contributed by atoms with Crippen LogP contribution >= 0.6 is 31.9 Å². The van der Waals surface area contributed by atoms with Crippen LogP contribution in [-0.2, 0) is 0 Å². The van der Waals surface area contributed by atoms with E-state index in [1.54, 1.807) is 6.92 Å². The maximum absolute atomic E-state index is 12.3. The molecular formula is C7H5Br2F2N. The van der Waals surface area contributed by atoms with Crippen LogP contribution < -0.4 is 0 Å². The Kier molecular flexibility index (Phi) is 3.17. The van der Waals surface area contributed by atoms with E-state index >= 15 is 0 Å². The molecule has 0 spiro atoms. The Morgan fingerprint density at radius 1 is 1.42 bits per heavy atom. The molecule has 0 aromatic carbocycles. The monoisotopic (exact) mass is 299 g/mol. The van der Waals surface area contributed by atoms with E-state index in [1.807, 2.05) is 0 Å². The van der Waals surface area contributed by atoms with E-state index in [1.165, 1.54) is 6.07 Å². The fourth-order valence-corrected chi connectivity index (χ4v) is 2.35. The lowest BCUT2D eigenvalue weighted by atomic mass is 10.2.